The van der Waals surface area contributed by atoms with E-state index in [-0.39, 0.29) is 11.8 Å². The molecule has 0 saturated heterocycles. The average molecular weight is 194 g/mol. The topological polar surface area (TPSA) is 34.1 Å². The number of carbonyl (C=O) groups is 2. The van der Waals surface area contributed by atoms with Crippen LogP contribution >= 0.6 is 0 Å². The fourth-order valence-electron chi connectivity index (χ4n) is 2.96. The van der Waals surface area contributed by atoms with Crippen LogP contribution in [0.4, 0.5) is 0 Å². The fourth-order valence-corrected chi connectivity index (χ4v) is 2.96. The molecule has 0 heterocycles. The molecule has 2 heteroatoms. The molecule has 2 aliphatic carbocycles. The fraction of sp³-hybridized carbons (Fsp3) is 0.833. The smallest absolute Gasteiger partial charge is 0.139 e. The van der Waals surface area contributed by atoms with E-state index >= 15 is 0 Å². The molecule has 0 radical (unpaired) electrons. The summed E-state index contributed by atoms with van der Waals surface area (Å²) in [5.74, 6) is 1.68. The third-order valence-corrected chi connectivity index (χ3v) is 3.86. The van der Waals surface area contributed by atoms with E-state index in [4.69, 9.17) is 0 Å². The molecule has 0 amide bonds. The third kappa shape index (κ3) is 1.75. The molecule has 0 aromatic carbocycles. The third-order valence-electron chi connectivity index (χ3n) is 3.86. The number of carbonyl (C=O) groups excluding carboxylic acids is 2. The maximum Gasteiger partial charge on any atom is 0.139 e. The highest BCUT2D eigenvalue weighted by molar-refractivity contribution is 5.92. The lowest BCUT2D eigenvalue weighted by atomic mass is 9.73. The van der Waals surface area contributed by atoms with Crippen LogP contribution in [0, 0.1) is 17.8 Å². The van der Waals surface area contributed by atoms with E-state index in [1.54, 1.807) is 0 Å². The standard InChI is InChI=1S/C12H18O2/c1-2-8-5-9-3-4-11(13)7-10(6-8)12(9)14/h8-10H,2-7H2,1H3. The van der Waals surface area contributed by atoms with Crippen molar-refractivity contribution in [1.82, 2.24) is 0 Å². The van der Waals surface area contributed by atoms with Crippen molar-refractivity contribution in [2.75, 3.05) is 0 Å². The number of ketones is 2. The first-order valence-corrected chi connectivity index (χ1v) is 5.76. The summed E-state index contributed by atoms with van der Waals surface area (Å²) >= 11 is 0. The average Bonchev–Trinajstić information content (AvgIpc) is 2.26. The van der Waals surface area contributed by atoms with Crippen LogP contribution < -0.4 is 0 Å². The van der Waals surface area contributed by atoms with E-state index in [2.05, 4.69) is 6.92 Å². The van der Waals surface area contributed by atoms with Gasteiger partial charge in [-0.2, -0.15) is 0 Å². The minimum Gasteiger partial charge on any atom is -0.300 e. The van der Waals surface area contributed by atoms with Crippen LogP contribution in [0.15, 0.2) is 0 Å². The number of fused-ring (bicyclic) bond motifs is 2. The van der Waals surface area contributed by atoms with E-state index in [0.29, 0.717) is 30.3 Å². The van der Waals surface area contributed by atoms with Gasteiger partial charge in [0.2, 0.25) is 0 Å². The molecule has 0 aromatic rings. The first kappa shape index (κ1) is 9.88. The second-order valence-electron chi connectivity index (χ2n) is 4.82. The molecule has 3 atom stereocenters. The SMILES string of the molecule is CCC1CC2CCC(=O)CC(C1)C2=O. The molecule has 14 heavy (non-hydrogen) atoms. The Morgan fingerprint density at radius 2 is 1.93 bits per heavy atom. The molecule has 2 bridgehead atoms. The molecular formula is C12H18O2. The van der Waals surface area contributed by atoms with Crippen LogP contribution in [-0.4, -0.2) is 11.6 Å². The van der Waals surface area contributed by atoms with Crippen LogP contribution in [0.5, 0.6) is 0 Å². The van der Waals surface area contributed by atoms with Gasteiger partial charge in [-0.1, -0.05) is 13.3 Å². The largest absolute Gasteiger partial charge is 0.300 e. The van der Waals surface area contributed by atoms with E-state index < -0.39 is 0 Å². The zero-order valence-corrected chi connectivity index (χ0v) is 8.79. The van der Waals surface area contributed by atoms with Crippen LogP contribution in [0.1, 0.15) is 45.4 Å². The monoisotopic (exact) mass is 194 g/mol. The van der Waals surface area contributed by atoms with Gasteiger partial charge in [-0.15, -0.1) is 0 Å². The van der Waals surface area contributed by atoms with Gasteiger partial charge in [0.1, 0.15) is 11.6 Å². The highest BCUT2D eigenvalue weighted by atomic mass is 16.1. The van der Waals surface area contributed by atoms with Crippen molar-refractivity contribution in [1.29, 1.82) is 0 Å². The summed E-state index contributed by atoms with van der Waals surface area (Å²) in [5.41, 5.74) is 0. The lowest BCUT2D eigenvalue weighted by Crippen LogP contribution is -2.31. The summed E-state index contributed by atoms with van der Waals surface area (Å²) in [7, 11) is 0. The Bertz CT molecular complexity index is 257. The normalized spacial score (nSPS) is 38.2. The van der Waals surface area contributed by atoms with Gasteiger partial charge in [0.15, 0.2) is 0 Å². The summed E-state index contributed by atoms with van der Waals surface area (Å²) in [5, 5.41) is 0. The van der Waals surface area contributed by atoms with E-state index in [1.165, 1.54) is 0 Å². The number of Topliss-reactive ketones (excluding diaryl/α,β-unsaturated/α-hetero) is 2. The van der Waals surface area contributed by atoms with Crippen molar-refractivity contribution < 1.29 is 9.59 Å². The predicted molar refractivity (Wildman–Crippen MR) is 53.9 cm³/mol. The van der Waals surface area contributed by atoms with Gasteiger partial charge < -0.3 is 0 Å². The molecule has 0 spiro atoms. The molecule has 2 fully saturated rings. The number of hydrogen-bond donors (Lipinski definition) is 0. The van der Waals surface area contributed by atoms with Gasteiger partial charge in [0.25, 0.3) is 0 Å². The molecule has 78 valence electrons. The molecule has 2 saturated carbocycles. The van der Waals surface area contributed by atoms with Gasteiger partial charge in [-0.25, -0.2) is 0 Å². The number of rotatable bonds is 1. The van der Waals surface area contributed by atoms with Crippen LogP contribution in [0.25, 0.3) is 0 Å². The van der Waals surface area contributed by atoms with E-state index in [0.717, 1.165) is 25.7 Å². The highest BCUT2D eigenvalue weighted by Gasteiger charge is 2.38. The molecule has 2 rings (SSSR count). The molecule has 3 unspecified atom stereocenters. The molecule has 0 aromatic heterocycles. The zero-order chi connectivity index (χ0) is 10.1. The van der Waals surface area contributed by atoms with E-state index in [9.17, 15) is 9.59 Å². The Morgan fingerprint density at radius 1 is 1.21 bits per heavy atom. The quantitative estimate of drug-likeness (QED) is 0.642. The Labute approximate surface area is 85.1 Å². The second-order valence-corrected chi connectivity index (χ2v) is 4.82. The van der Waals surface area contributed by atoms with Crippen molar-refractivity contribution in [3.05, 3.63) is 0 Å². The number of hydrogen-bond acceptors (Lipinski definition) is 2. The van der Waals surface area contributed by atoms with Crippen molar-refractivity contribution in [3.8, 4) is 0 Å². The molecular weight excluding hydrogens is 176 g/mol. The summed E-state index contributed by atoms with van der Waals surface area (Å²) < 4.78 is 0. The molecule has 0 N–H and O–H groups in total. The van der Waals surface area contributed by atoms with Gasteiger partial charge in [-0.3, -0.25) is 9.59 Å². The minimum atomic E-state index is 0.0775. The summed E-state index contributed by atoms with van der Waals surface area (Å²) in [6, 6.07) is 0. The Hall–Kier alpha value is -0.660. The maximum absolute atomic E-state index is 11.9. The lowest BCUT2D eigenvalue weighted by molar-refractivity contribution is -0.131. The van der Waals surface area contributed by atoms with Gasteiger partial charge in [0, 0.05) is 24.7 Å². The Morgan fingerprint density at radius 3 is 2.64 bits per heavy atom. The highest BCUT2D eigenvalue weighted by Crippen LogP contribution is 2.38. The summed E-state index contributed by atoms with van der Waals surface area (Å²) in [6.45, 7) is 2.19. The van der Waals surface area contributed by atoms with Crippen LogP contribution in [-0.2, 0) is 9.59 Å². The van der Waals surface area contributed by atoms with Gasteiger partial charge >= 0.3 is 0 Å². The second kappa shape index (κ2) is 3.84. The van der Waals surface area contributed by atoms with Crippen LogP contribution in [0.2, 0.25) is 0 Å². The Balaban J connectivity index is 2.15. The zero-order valence-electron chi connectivity index (χ0n) is 8.79. The molecule has 2 nitrogen and oxygen atoms in total. The minimum absolute atomic E-state index is 0.0775. The Kier molecular flexibility index (Phi) is 2.71. The van der Waals surface area contributed by atoms with Crippen molar-refractivity contribution in [2.45, 2.75) is 45.4 Å². The van der Waals surface area contributed by atoms with E-state index in [1.807, 2.05) is 0 Å². The van der Waals surface area contributed by atoms with Crippen molar-refractivity contribution in [2.24, 2.45) is 17.8 Å². The predicted octanol–water partition coefficient (Wildman–Crippen LogP) is 2.36. The first-order valence-electron chi connectivity index (χ1n) is 5.76. The van der Waals surface area contributed by atoms with Crippen molar-refractivity contribution in [3.63, 3.8) is 0 Å². The van der Waals surface area contributed by atoms with Gasteiger partial charge in [0.05, 0.1) is 0 Å². The lowest BCUT2D eigenvalue weighted by Gasteiger charge is -2.30. The van der Waals surface area contributed by atoms with Crippen molar-refractivity contribution >= 4 is 11.6 Å². The maximum atomic E-state index is 11.9. The van der Waals surface area contributed by atoms with Gasteiger partial charge in [-0.05, 0) is 25.2 Å². The molecule has 0 aliphatic heterocycles. The van der Waals surface area contributed by atoms with Crippen LogP contribution in [0.3, 0.4) is 0 Å². The first-order chi connectivity index (χ1) is 6.70. The summed E-state index contributed by atoms with van der Waals surface area (Å²) in [6.07, 6.45) is 5.17. The summed E-state index contributed by atoms with van der Waals surface area (Å²) in [4.78, 5) is 23.3. The molecule has 2 aliphatic rings.